The van der Waals surface area contributed by atoms with Crippen LogP contribution in [0.25, 0.3) is 11.3 Å². The van der Waals surface area contributed by atoms with Gasteiger partial charge in [-0.1, -0.05) is 5.16 Å². The number of carbonyl (C=O) groups is 1. The lowest BCUT2D eigenvalue weighted by atomic mass is 9.97. The van der Waals surface area contributed by atoms with Crippen LogP contribution in [0.3, 0.4) is 0 Å². The largest absolute Gasteiger partial charge is 0.361 e. The second kappa shape index (κ2) is 8.57. The molecule has 0 spiro atoms. The molecule has 3 aromatic rings. The van der Waals surface area contributed by atoms with Gasteiger partial charge in [0.25, 0.3) is 5.91 Å². The van der Waals surface area contributed by atoms with Crippen molar-refractivity contribution in [2.75, 3.05) is 19.6 Å². The number of rotatable bonds is 6. The average molecular weight is 397 g/mol. The van der Waals surface area contributed by atoms with Crippen LogP contribution in [-0.2, 0) is 6.54 Å². The summed E-state index contributed by atoms with van der Waals surface area (Å²) in [6.07, 6.45) is 3.98. The Balaban J connectivity index is 1.34. The summed E-state index contributed by atoms with van der Waals surface area (Å²) < 4.78 is 18.2. The summed E-state index contributed by atoms with van der Waals surface area (Å²) in [5.74, 6) is 0.543. The fourth-order valence-electron chi connectivity index (χ4n) is 3.80. The number of likely N-dealkylation sites (tertiary alicyclic amines) is 1. The third-order valence-electron chi connectivity index (χ3n) is 5.26. The van der Waals surface area contributed by atoms with Crippen LogP contribution >= 0.6 is 0 Å². The van der Waals surface area contributed by atoms with Gasteiger partial charge in [-0.05, 0) is 56.5 Å². The maximum Gasteiger partial charge on any atom is 0.273 e. The third kappa shape index (κ3) is 4.71. The van der Waals surface area contributed by atoms with Crippen molar-refractivity contribution in [3.05, 3.63) is 59.4 Å². The molecular formula is C21H24FN5O2. The first-order chi connectivity index (χ1) is 14.1. The first-order valence-corrected chi connectivity index (χ1v) is 9.80. The van der Waals surface area contributed by atoms with Gasteiger partial charge in [-0.2, -0.15) is 5.10 Å². The molecule has 4 rings (SSSR count). The van der Waals surface area contributed by atoms with E-state index in [4.69, 9.17) is 4.52 Å². The molecule has 0 aliphatic carbocycles. The minimum atomic E-state index is -0.253. The Labute approximate surface area is 168 Å². The van der Waals surface area contributed by atoms with Gasteiger partial charge in [0.1, 0.15) is 11.6 Å². The van der Waals surface area contributed by atoms with E-state index in [0.717, 1.165) is 49.3 Å². The van der Waals surface area contributed by atoms with E-state index >= 15 is 0 Å². The second-order valence-corrected chi connectivity index (χ2v) is 7.55. The summed E-state index contributed by atoms with van der Waals surface area (Å²) in [6.45, 7) is 5.03. The molecule has 2 aromatic heterocycles. The highest BCUT2D eigenvalue weighted by atomic mass is 19.1. The van der Waals surface area contributed by atoms with Gasteiger partial charge < -0.3 is 9.84 Å². The van der Waals surface area contributed by atoms with Crippen molar-refractivity contribution in [1.82, 2.24) is 25.6 Å². The van der Waals surface area contributed by atoms with Crippen LogP contribution in [0.15, 0.2) is 41.1 Å². The van der Waals surface area contributed by atoms with Crippen LogP contribution in [0, 0.1) is 18.7 Å². The van der Waals surface area contributed by atoms with E-state index < -0.39 is 0 Å². The molecule has 7 nitrogen and oxygen atoms in total. The van der Waals surface area contributed by atoms with Gasteiger partial charge in [0.2, 0.25) is 0 Å². The Morgan fingerprint density at radius 2 is 2.21 bits per heavy atom. The first kappa shape index (κ1) is 19.3. The van der Waals surface area contributed by atoms with E-state index in [1.54, 1.807) is 25.1 Å². The molecule has 0 unspecified atom stereocenters. The van der Waals surface area contributed by atoms with Gasteiger partial charge in [-0.15, -0.1) is 0 Å². The number of halogens is 1. The predicted octanol–water partition coefficient (Wildman–Crippen LogP) is 3.15. The predicted molar refractivity (Wildman–Crippen MR) is 106 cm³/mol. The molecule has 152 valence electrons. The molecule has 1 atom stereocenters. The smallest absolute Gasteiger partial charge is 0.273 e. The fraction of sp³-hybridized carbons (Fsp3) is 0.381. The lowest BCUT2D eigenvalue weighted by molar-refractivity contribution is 0.0921. The molecule has 1 aromatic carbocycles. The number of nitrogens with one attached hydrogen (secondary N) is 2. The molecule has 1 fully saturated rings. The minimum Gasteiger partial charge on any atom is -0.361 e. The van der Waals surface area contributed by atoms with Gasteiger partial charge in [0.05, 0.1) is 11.9 Å². The summed E-state index contributed by atoms with van der Waals surface area (Å²) in [5, 5.41) is 13.9. The highest BCUT2D eigenvalue weighted by Crippen LogP contribution is 2.25. The van der Waals surface area contributed by atoms with Crippen molar-refractivity contribution in [3.63, 3.8) is 0 Å². The Kier molecular flexibility index (Phi) is 5.71. The SMILES string of the molecule is Cc1cc(C(=O)NC[C@@H]2CCCN(Cc3cn[nH]c3-c3ccc(F)cc3)C2)no1. The van der Waals surface area contributed by atoms with Gasteiger partial charge in [-0.3, -0.25) is 14.8 Å². The maximum absolute atomic E-state index is 13.2. The Morgan fingerprint density at radius 3 is 2.97 bits per heavy atom. The molecular weight excluding hydrogens is 373 g/mol. The van der Waals surface area contributed by atoms with E-state index in [0.29, 0.717) is 23.9 Å². The topological polar surface area (TPSA) is 87.0 Å². The van der Waals surface area contributed by atoms with Crippen LogP contribution in [-0.4, -0.2) is 45.8 Å². The van der Waals surface area contributed by atoms with Crippen molar-refractivity contribution < 1.29 is 13.7 Å². The lowest BCUT2D eigenvalue weighted by Crippen LogP contribution is -2.40. The van der Waals surface area contributed by atoms with Crippen LogP contribution in [0.4, 0.5) is 4.39 Å². The molecule has 0 radical (unpaired) electrons. The van der Waals surface area contributed by atoms with Gasteiger partial charge in [0, 0.05) is 36.8 Å². The minimum absolute atomic E-state index is 0.201. The van der Waals surface area contributed by atoms with Crippen molar-refractivity contribution in [3.8, 4) is 11.3 Å². The number of aromatic amines is 1. The number of benzene rings is 1. The zero-order valence-electron chi connectivity index (χ0n) is 16.3. The molecule has 2 N–H and O–H groups in total. The summed E-state index contributed by atoms with van der Waals surface area (Å²) in [5.41, 5.74) is 3.24. The Bertz CT molecular complexity index is 966. The van der Waals surface area contributed by atoms with Crippen molar-refractivity contribution in [2.24, 2.45) is 5.92 Å². The third-order valence-corrected chi connectivity index (χ3v) is 5.26. The maximum atomic E-state index is 13.2. The van der Waals surface area contributed by atoms with Crippen molar-refractivity contribution >= 4 is 5.91 Å². The zero-order chi connectivity index (χ0) is 20.2. The number of aryl methyl sites for hydroxylation is 1. The van der Waals surface area contributed by atoms with Crippen molar-refractivity contribution in [1.29, 1.82) is 0 Å². The summed E-state index contributed by atoms with van der Waals surface area (Å²) in [7, 11) is 0. The number of piperidine rings is 1. The molecule has 1 aliphatic rings. The summed E-state index contributed by atoms with van der Waals surface area (Å²) in [6, 6.07) is 8.06. The standard InChI is InChI=1S/C21H24FN5O2/c1-14-9-19(26-29-14)21(28)23-10-15-3-2-8-27(12-15)13-17-11-24-25-20(17)16-4-6-18(22)7-5-16/h4-7,9,11,15H,2-3,8,10,12-13H2,1H3,(H,23,28)(H,24,25)/t15-/m0/s1. The molecule has 1 saturated heterocycles. The summed E-state index contributed by atoms with van der Waals surface area (Å²) in [4.78, 5) is 14.6. The molecule has 0 saturated carbocycles. The number of H-pyrrole nitrogens is 1. The van der Waals surface area contributed by atoms with E-state index in [-0.39, 0.29) is 11.7 Å². The monoisotopic (exact) mass is 397 g/mol. The molecule has 0 bridgehead atoms. The quantitative estimate of drug-likeness (QED) is 0.667. The number of hydrogen-bond acceptors (Lipinski definition) is 5. The fourth-order valence-corrected chi connectivity index (χ4v) is 3.80. The number of hydrogen-bond donors (Lipinski definition) is 2. The van der Waals surface area contributed by atoms with Gasteiger partial charge in [0.15, 0.2) is 5.69 Å². The Morgan fingerprint density at radius 1 is 1.38 bits per heavy atom. The van der Waals surface area contributed by atoms with E-state index in [1.165, 1.54) is 12.1 Å². The van der Waals surface area contributed by atoms with Gasteiger partial charge >= 0.3 is 0 Å². The average Bonchev–Trinajstić information content (AvgIpc) is 3.36. The highest BCUT2D eigenvalue weighted by molar-refractivity contribution is 5.92. The van der Waals surface area contributed by atoms with Crippen LogP contribution in [0.1, 0.15) is 34.7 Å². The number of carbonyl (C=O) groups excluding carboxylic acids is 1. The van der Waals surface area contributed by atoms with Crippen LogP contribution in [0.2, 0.25) is 0 Å². The van der Waals surface area contributed by atoms with Crippen molar-refractivity contribution in [2.45, 2.75) is 26.3 Å². The first-order valence-electron chi connectivity index (χ1n) is 9.80. The summed E-state index contributed by atoms with van der Waals surface area (Å²) >= 11 is 0. The van der Waals surface area contributed by atoms with E-state index in [9.17, 15) is 9.18 Å². The number of amides is 1. The van der Waals surface area contributed by atoms with Crippen LogP contribution < -0.4 is 5.32 Å². The number of nitrogens with zero attached hydrogens (tertiary/aromatic N) is 3. The van der Waals surface area contributed by atoms with E-state index in [1.807, 2.05) is 6.20 Å². The highest BCUT2D eigenvalue weighted by Gasteiger charge is 2.22. The van der Waals surface area contributed by atoms with Gasteiger partial charge in [-0.25, -0.2) is 4.39 Å². The normalized spacial score (nSPS) is 17.4. The molecule has 3 heterocycles. The molecule has 1 aliphatic heterocycles. The molecule has 1 amide bonds. The zero-order valence-corrected chi connectivity index (χ0v) is 16.3. The van der Waals surface area contributed by atoms with Crippen LogP contribution in [0.5, 0.6) is 0 Å². The number of aromatic nitrogens is 3. The lowest BCUT2D eigenvalue weighted by Gasteiger charge is -2.32. The Hall–Kier alpha value is -3.00. The van der Waals surface area contributed by atoms with E-state index in [2.05, 4.69) is 25.6 Å². The second-order valence-electron chi connectivity index (χ2n) is 7.55. The molecule has 29 heavy (non-hydrogen) atoms. The molecule has 8 heteroatoms.